The summed E-state index contributed by atoms with van der Waals surface area (Å²) >= 11 is 0. The molecule has 2 N–H and O–H groups in total. The Morgan fingerprint density at radius 3 is 2.61 bits per heavy atom. The summed E-state index contributed by atoms with van der Waals surface area (Å²) in [7, 11) is 1.65. The molecule has 4 rings (SSSR count). The zero-order valence-electron chi connectivity index (χ0n) is 12.6. The Balaban J connectivity index is 1.86. The number of anilines is 1. The topological polar surface area (TPSA) is 78.3 Å². The van der Waals surface area contributed by atoms with Gasteiger partial charge < -0.3 is 10.5 Å². The summed E-state index contributed by atoms with van der Waals surface area (Å²) < 4.78 is 6.92. The lowest BCUT2D eigenvalue weighted by Crippen LogP contribution is -2.04. The second-order valence-corrected chi connectivity index (χ2v) is 5.28. The third-order valence-electron chi connectivity index (χ3n) is 3.78. The van der Waals surface area contributed by atoms with Crippen LogP contribution in [0.1, 0.15) is 11.4 Å². The van der Waals surface area contributed by atoms with Crippen LogP contribution in [-0.2, 0) is 6.42 Å². The van der Waals surface area contributed by atoms with Gasteiger partial charge in [-0.1, -0.05) is 24.3 Å². The molecule has 114 valence electrons. The fourth-order valence-electron chi connectivity index (χ4n) is 2.67. The van der Waals surface area contributed by atoms with Gasteiger partial charge in [0, 0.05) is 11.8 Å². The van der Waals surface area contributed by atoms with Gasteiger partial charge in [-0.3, -0.25) is 0 Å². The predicted octanol–water partition coefficient (Wildman–Crippen LogP) is 2.46. The molecule has 4 aromatic rings. The minimum atomic E-state index is 0.249. The molecule has 0 aliphatic carbocycles. The van der Waals surface area contributed by atoms with Crippen molar-refractivity contribution in [1.29, 1.82) is 0 Å². The van der Waals surface area contributed by atoms with E-state index in [0.717, 1.165) is 33.7 Å². The van der Waals surface area contributed by atoms with Crippen molar-refractivity contribution in [3.05, 3.63) is 59.9 Å². The molecule has 2 aromatic carbocycles. The predicted molar refractivity (Wildman–Crippen MR) is 88.5 cm³/mol. The maximum absolute atomic E-state index is 5.79. The van der Waals surface area contributed by atoms with Crippen molar-refractivity contribution in [1.82, 2.24) is 19.6 Å². The first-order valence-electron chi connectivity index (χ1n) is 7.27. The Kier molecular flexibility index (Phi) is 3.08. The van der Waals surface area contributed by atoms with Gasteiger partial charge in [0.05, 0.1) is 12.6 Å². The molecule has 0 unspecified atom stereocenters. The van der Waals surface area contributed by atoms with E-state index in [1.54, 1.807) is 11.6 Å². The molecule has 0 saturated heterocycles. The highest BCUT2D eigenvalue weighted by molar-refractivity contribution is 5.91. The van der Waals surface area contributed by atoms with Crippen LogP contribution in [0.3, 0.4) is 0 Å². The maximum Gasteiger partial charge on any atom is 0.240 e. The van der Waals surface area contributed by atoms with Gasteiger partial charge in [0.25, 0.3) is 0 Å². The molecule has 0 atom stereocenters. The molecule has 0 radical (unpaired) electrons. The lowest BCUT2D eigenvalue weighted by molar-refractivity contribution is 0.414. The van der Waals surface area contributed by atoms with Crippen LogP contribution < -0.4 is 10.5 Å². The van der Waals surface area contributed by atoms with E-state index in [9.17, 15) is 0 Å². The largest absolute Gasteiger partial charge is 0.497 e. The van der Waals surface area contributed by atoms with E-state index in [-0.39, 0.29) is 5.95 Å². The number of benzene rings is 2. The number of nitrogens with zero attached hydrogens (tertiary/aromatic N) is 4. The number of fused-ring (bicyclic) bond motifs is 3. The fraction of sp³-hybridized carbons (Fsp3) is 0.118. The molecule has 0 aliphatic rings. The summed E-state index contributed by atoms with van der Waals surface area (Å²) in [5.41, 5.74) is 8.53. The number of rotatable bonds is 3. The molecule has 0 spiro atoms. The number of hydrogen-bond acceptors (Lipinski definition) is 5. The Bertz CT molecular complexity index is 991. The molecule has 0 amide bonds. The van der Waals surface area contributed by atoms with Crippen molar-refractivity contribution >= 4 is 22.5 Å². The second-order valence-electron chi connectivity index (χ2n) is 5.28. The molecule has 6 nitrogen and oxygen atoms in total. The second kappa shape index (κ2) is 5.24. The average Bonchev–Trinajstić information content (AvgIpc) is 2.98. The SMILES string of the molecule is COc1ccc(Cc2nc3ccccc3c3nc(N)nn23)cc1. The Labute approximate surface area is 132 Å². The fourth-order valence-corrected chi connectivity index (χ4v) is 2.67. The maximum atomic E-state index is 5.79. The number of aromatic nitrogens is 4. The van der Waals surface area contributed by atoms with Crippen molar-refractivity contribution < 1.29 is 4.74 Å². The summed E-state index contributed by atoms with van der Waals surface area (Å²) in [6.45, 7) is 0. The number of ether oxygens (including phenoxy) is 1. The van der Waals surface area contributed by atoms with E-state index in [4.69, 9.17) is 15.5 Å². The van der Waals surface area contributed by atoms with Gasteiger partial charge in [0.15, 0.2) is 5.65 Å². The summed E-state index contributed by atoms with van der Waals surface area (Å²) in [6, 6.07) is 15.8. The normalized spacial score (nSPS) is 11.2. The van der Waals surface area contributed by atoms with Gasteiger partial charge in [0.1, 0.15) is 11.6 Å². The van der Waals surface area contributed by atoms with E-state index < -0.39 is 0 Å². The first-order valence-corrected chi connectivity index (χ1v) is 7.27. The van der Waals surface area contributed by atoms with E-state index in [2.05, 4.69) is 10.1 Å². The van der Waals surface area contributed by atoms with Crippen molar-refractivity contribution in [2.45, 2.75) is 6.42 Å². The quantitative estimate of drug-likeness (QED) is 0.629. The molecule has 0 bridgehead atoms. The van der Waals surface area contributed by atoms with E-state index in [1.165, 1.54) is 0 Å². The Morgan fingerprint density at radius 1 is 1.04 bits per heavy atom. The van der Waals surface area contributed by atoms with Crippen LogP contribution in [-0.4, -0.2) is 26.7 Å². The van der Waals surface area contributed by atoms with Crippen LogP contribution in [0.5, 0.6) is 5.75 Å². The number of para-hydroxylation sites is 1. The summed E-state index contributed by atoms with van der Waals surface area (Å²) in [5, 5.41) is 5.23. The minimum Gasteiger partial charge on any atom is -0.497 e. The van der Waals surface area contributed by atoms with Crippen molar-refractivity contribution in [2.24, 2.45) is 0 Å². The van der Waals surface area contributed by atoms with Crippen LogP contribution in [0.25, 0.3) is 16.6 Å². The first-order chi connectivity index (χ1) is 11.2. The van der Waals surface area contributed by atoms with Gasteiger partial charge in [-0.15, -0.1) is 5.10 Å². The minimum absolute atomic E-state index is 0.249. The average molecular weight is 305 g/mol. The van der Waals surface area contributed by atoms with Gasteiger partial charge >= 0.3 is 0 Å². The summed E-state index contributed by atoms with van der Waals surface area (Å²) in [5.74, 6) is 1.88. The Morgan fingerprint density at radius 2 is 1.83 bits per heavy atom. The van der Waals surface area contributed by atoms with Gasteiger partial charge in [0.2, 0.25) is 5.95 Å². The monoisotopic (exact) mass is 305 g/mol. The molecular formula is C17H15N5O. The lowest BCUT2D eigenvalue weighted by Gasteiger charge is -2.07. The van der Waals surface area contributed by atoms with Crippen molar-refractivity contribution in [3.8, 4) is 5.75 Å². The molecule has 2 aromatic heterocycles. The van der Waals surface area contributed by atoms with Crippen LogP contribution >= 0.6 is 0 Å². The highest BCUT2D eigenvalue weighted by atomic mass is 16.5. The molecule has 0 fully saturated rings. The molecular weight excluding hydrogens is 290 g/mol. The standard InChI is InChI=1S/C17H15N5O/c1-23-12-8-6-11(7-9-12)10-15-19-14-5-3-2-4-13(14)16-20-17(18)21-22(15)16/h2-9H,10H2,1H3,(H2,18,21). The molecule has 2 heterocycles. The van der Waals surface area contributed by atoms with Crippen LogP contribution in [0.2, 0.25) is 0 Å². The summed E-state index contributed by atoms with van der Waals surface area (Å²) in [6.07, 6.45) is 0.633. The molecule has 6 heteroatoms. The highest BCUT2D eigenvalue weighted by Gasteiger charge is 2.12. The first kappa shape index (κ1) is 13.5. The zero-order chi connectivity index (χ0) is 15.8. The third-order valence-corrected chi connectivity index (χ3v) is 3.78. The van der Waals surface area contributed by atoms with Crippen LogP contribution in [0, 0.1) is 0 Å². The lowest BCUT2D eigenvalue weighted by atomic mass is 10.1. The van der Waals surface area contributed by atoms with Crippen LogP contribution in [0.15, 0.2) is 48.5 Å². The van der Waals surface area contributed by atoms with Crippen molar-refractivity contribution in [2.75, 3.05) is 12.8 Å². The smallest absolute Gasteiger partial charge is 0.240 e. The van der Waals surface area contributed by atoms with Crippen molar-refractivity contribution in [3.63, 3.8) is 0 Å². The number of nitrogen functional groups attached to an aromatic ring is 1. The summed E-state index contributed by atoms with van der Waals surface area (Å²) in [4.78, 5) is 9.07. The Hall–Kier alpha value is -3.15. The van der Waals surface area contributed by atoms with Gasteiger partial charge in [-0.2, -0.15) is 9.50 Å². The number of nitrogens with two attached hydrogens (primary N) is 1. The third kappa shape index (κ3) is 2.34. The molecule has 23 heavy (non-hydrogen) atoms. The molecule has 0 saturated carbocycles. The zero-order valence-corrected chi connectivity index (χ0v) is 12.6. The van der Waals surface area contributed by atoms with Gasteiger partial charge in [-0.25, -0.2) is 4.98 Å². The van der Waals surface area contributed by atoms with E-state index in [1.807, 2.05) is 48.5 Å². The van der Waals surface area contributed by atoms with E-state index >= 15 is 0 Å². The number of hydrogen-bond donors (Lipinski definition) is 1. The van der Waals surface area contributed by atoms with Gasteiger partial charge in [-0.05, 0) is 29.8 Å². The highest BCUT2D eigenvalue weighted by Crippen LogP contribution is 2.21. The molecule has 0 aliphatic heterocycles. The van der Waals surface area contributed by atoms with E-state index in [0.29, 0.717) is 6.42 Å². The number of methoxy groups -OCH3 is 1. The van der Waals surface area contributed by atoms with Crippen LogP contribution in [0.4, 0.5) is 5.95 Å².